The Morgan fingerprint density at radius 1 is 1.29 bits per heavy atom. The molecule has 1 aromatic carbocycles. The summed E-state index contributed by atoms with van der Waals surface area (Å²) in [4.78, 5) is 2.22. The van der Waals surface area contributed by atoms with Crippen LogP contribution < -0.4 is 10.0 Å². The first-order chi connectivity index (χ1) is 9.89. The molecule has 1 aromatic heterocycles. The van der Waals surface area contributed by atoms with Gasteiger partial charge in [-0.15, -0.1) is 11.3 Å². The Labute approximate surface area is 129 Å². The summed E-state index contributed by atoms with van der Waals surface area (Å²) in [6.07, 6.45) is 0.712. The first-order valence-corrected chi connectivity index (χ1v) is 9.08. The number of thiophene rings is 1. The third-order valence-corrected chi connectivity index (χ3v) is 6.71. The molecule has 0 fully saturated rings. The summed E-state index contributed by atoms with van der Waals surface area (Å²) < 4.78 is 27.5. The topological polar surface area (TPSA) is 63.4 Å². The zero-order valence-corrected chi connectivity index (χ0v) is 13.7. The molecule has 3 rings (SSSR count). The molecular weight excluding hydrogens is 304 g/mol. The maximum atomic E-state index is 13.0. The Hall–Kier alpha value is -1.37. The van der Waals surface area contributed by atoms with Gasteiger partial charge in [0, 0.05) is 22.3 Å². The zero-order valence-electron chi connectivity index (χ0n) is 12.0. The van der Waals surface area contributed by atoms with Gasteiger partial charge in [0.05, 0.1) is 5.69 Å². The van der Waals surface area contributed by atoms with Crippen molar-refractivity contribution in [2.45, 2.75) is 31.2 Å². The standard InChI is InChI=1S/C15H18N2O2S2/c1-10-7-15(11(2)20-10)21(18,19)17-9-13(16)8-12-5-3-4-6-14(12)17/h3-7,13H,8-9,16H2,1-2H3. The second kappa shape index (κ2) is 5.12. The fourth-order valence-corrected chi connectivity index (χ4v) is 5.88. The molecule has 1 atom stereocenters. The van der Waals surface area contributed by atoms with Gasteiger partial charge in [-0.2, -0.15) is 0 Å². The van der Waals surface area contributed by atoms with Crippen LogP contribution >= 0.6 is 11.3 Å². The molecule has 21 heavy (non-hydrogen) atoms. The summed E-state index contributed by atoms with van der Waals surface area (Å²) in [6.45, 7) is 4.10. The van der Waals surface area contributed by atoms with E-state index in [9.17, 15) is 8.42 Å². The molecule has 0 saturated carbocycles. The van der Waals surface area contributed by atoms with Crippen LogP contribution in [0.5, 0.6) is 0 Å². The Bertz CT molecular complexity index is 781. The number of rotatable bonds is 2. The highest BCUT2D eigenvalue weighted by molar-refractivity contribution is 7.93. The van der Waals surface area contributed by atoms with E-state index in [2.05, 4.69) is 0 Å². The van der Waals surface area contributed by atoms with Gasteiger partial charge >= 0.3 is 0 Å². The van der Waals surface area contributed by atoms with Crippen molar-refractivity contribution in [3.05, 3.63) is 45.6 Å². The number of fused-ring (bicyclic) bond motifs is 1. The van der Waals surface area contributed by atoms with Crippen LogP contribution in [-0.4, -0.2) is 21.0 Å². The number of nitrogens with two attached hydrogens (primary N) is 1. The van der Waals surface area contributed by atoms with Crippen molar-refractivity contribution in [1.82, 2.24) is 0 Å². The zero-order chi connectivity index (χ0) is 15.2. The van der Waals surface area contributed by atoms with Crippen molar-refractivity contribution in [3.63, 3.8) is 0 Å². The van der Waals surface area contributed by atoms with Gasteiger partial charge in [-0.1, -0.05) is 18.2 Å². The summed E-state index contributed by atoms with van der Waals surface area (Å²) in [7, 11) is -3.55. The van der Waals surface area contributed by atoms with Gasteiger partial charge in [0.15, 0.2) is 0 Å². The van der Waals surface area contributed by atoms with Crippen LogP contribution in [0, 0.1) is 13.8 Å². The normalized spacial score (nSPS) is 18.6. The highest BCUT2D eigenvalue weighted by Gasteiger charge is 2.33. The molecule has 1 aliphatic rings. The summed E-state index contributed by atoms with van der Waals surface area (Å²) in [5.74, 6) is 0. The largest absolute Gasteiger partial charge is 0.326 e. The first kappa shape index (κ1) is 14.6. The molecular formula is C15H18N2O2S2. The maximum Gasteiger partial charge on any atom is 0.265 e. The van der Waals surface area contributed by atoms with Gasteiger partial charge in [0.25, 0.3) is 10.0 Å². The Kier molecular flexibility index (Phi) is 3.55. The van der Waals surface area contributed by atoms with Crippen molar-refractivity contribution < 1.29 is 8.42 Å². The minimum absolute atomic E-state index is 0.172. The van der Waals surface area contributed by atoms with Gasteiger partial charge in [0.1, 0.15) is 4.90 Å². The predicted molar refractivity (Wildman–Crippen MR) is 86.4 cm³/mol. The lowest BCUT2D eigenvalue weighted by molar-refractivity contribution is 0.575. The minimum atomic E-state index is -3.55. The van der Waals surface area contributed by atoms with E-state index in [1.54, 1.807) is 6.07 Å². The van der Waals surface area contributed by atoms with Crippen LogP contribution in [0.15, 0.2) is 35.2 Å². The number of hydrogen-bond acceptors (Lipinski definition) is 4. The van der Waals surface area contributed by atoms with Crippen LogP contribution in [0.4, 0.5) is 5.69 Å². The number of nitrogens with zero attached hydrogens (tertiary/aromatic N) is 1. The average molecular weight is 322 g/mol. The lowest BCUT2D eigenvalue weighted by Crippen LogP contribution is -2.46. The summed E-state index contributed by atoms with van der Waals surface area (Å²) >= 11 is 1.51. The van der Waals surface area contributed by atoms with E-state index < -0.39 is 10.0 Å². The van der Waals surface area contributed by atoms with Gasteiger partial charge in [-0.3, -0.25) is 4.31 Å². The molecule has 0 bridgehead atoms. The van der Waals surface area contributed by atoms with E-state index in [0.717, 1.165) is 21.0 Å². The summed E-state index contributed by atoms with van der Waals surface area (Å²) in [5.41, 5.74) is 7.80. The van der Waals surface area contributed by atoms with E-state index in [4.69, 9.17) is 5.73 Å². The number of sulfonamides is 1. The minimum Gasteiger partial charge on any atom is -0.326 e. The van der Waals surface area contributed by atoms with Gasteiger partial charge in [-0.25, -0.2) is 8.42 Å². The molecule has 0 radical (unpaired) electrons. The van der Waals surface area contributed by atoms with Crippen LogP contribution in [0.1, 0.15) is 15.3 Å². The second-order valence-electron chi connectivity index (χ2n) is 5.41. The molecule has 2 heterocycles. The molecule has 0 saturated heterocycles. The fourth-order valence-electron chi connectivity index (χ4n) is 2.80. The van der Waals surface area contributed by atoms with Gasteiger partial charge in [-0.05, 0) is 38.0 Å². The van der Waals surface area contributed by atoms with E-state index in [-0.39, 0.29) is 6.04 Å². The molecule has 0 spiro atoms. The van der Waals surface area contributed by atoms with Crippen molar-refractivity contribution in [1.29, 1.82) is 0 Å². The molecule has 2 aromatic rings. The maximum absolute atomic E-state index is 13.0. The third-order valence-electron chi connectivity index (χ3n) is 3.71. The number of para-hydroxylation sites is 1. The molecule has 1 aliphatic heterocycles. The second-order valence-corrected chi connectivity index (χ2v) is 8.70. The van der Waals surface area contributed by atoms with E-state index in [0.29, 0.717) is 17.9 Å². The number of anilines is 1. The van der Waals surface area contributed by atoms with Crippen molar-refractivity contribution >= 4 is 27.0 Å². The quantitative estimate of drug-likeness (QED) is 0.923. The smallest absolute Gasteiger partial charge is 0.265 e. The molecule has 1 unspecified atom stereocenters. The van der Waals surface area contributed by atoms with Crippen molar-refractivity contribution in [2.24, 2.45) is 5.73 Å². The number of benzene rings is 1. The van der Waals surface area contributed by atoms with Gasteiger partial charge in [0.2, 0.25) is 0 Å². The molecule has 2 N–H and O–H groups in total. The highest BCUT2D eigenvalue weighted by Crippen LogP contribution is 2.34. The monoisotopic (exact) mass is 322 g/mol. The first-order valence-electron chi connectivity index (χ1n) is 6.83. The number of aryl methyl sites for hydroxylation is 2. The SMILES string of the molecule is Cc1cc(S(=O)(=O)N2CC(N)Cc3ccccc32)c(C)s1. The van der Waals surface area contributed by atoms with Crippen LogP contribution in [0.25, 0.3) is 0 Å². The van der Waals surface area contributed by atoms with Crippen molar-refractivity contribution in [3.8, 4) is 0 Å². The molecule has 6 heteroatoms. The molecule has 4 nitrogen and oxygen atoms in total. The Balaban J connectivity index is 2.14. The van der Waals surface area contributed by atoms with Crippen LogP contribution in [-0.2, 0) is 16.4 Å². The summed E-state index contributed by atoms with van der Waals surface area (Å²) in [6, 6.07) is 9.16. The summed E-state index contributed by atoms with van der Waals surface area (Å²) in [5, 5.41) is 0. The van der Waals surface area contributed by atoms with E-state index in [1.165, 1.54) is 15.6 Å². The van der Waals surface area contributed by atoms with Crippen molar-refractivity contribution in [2.75, 3.05) is 10.8 Å². The van der Waals surface area contributed by atoms with E-state index >= 15 is 0 Å². The van der Waals surface area contributed by atoms with Crippen LogP contribution in [0.3, 0.4) is 0 Å². The van der Waals surface area contributed by atoms with E-state index in [1.807, 2.05) is 38.1 Å². The fraction of sp³-hybridized carbons (Fsp3) is 0.333. The van der Waals surface area contributed by atoms with Crippen LogP contribution in [0.2, 0.25) is 0 Å². The van der Waals surface area contributed by atoms with Gasteiger partial charge < -0.3 is 5.73 Å². The Morgan fingerprint density at radius 3 is 2.67 bits per heavy atom. The molecule has 0 aliphatic carbocycles. The third kappa shape index (κ3) is 2.47. The number of hydrogen-bond donors (Lipinski definition) is 1. The molecule has 112 valence electrons. The lowest BCUT2D eigenvalue weighted by atomic mass is 10.0. The average Bonchev–Trinajstić information content (AvgIpc) is 2.77. The highest BCUT2D eigenvalue weighted by atomic mass is 32.2. The lowest BCUT2D eigenvalue weighted by Gasteiger charge is -2.33. The Morgan fingerprint density at radius 2 is 2.00 bits per heavy atom. The predicted octanol–water partition coefficient (Wildman–Crippen LogP) is 2.44. The molecule has 0 amide bonds.